The Morgan fingerprint density at radius 1 is 1.23 bits per heavy atom. The van der Waals surface area contributed by atoms with Crippen LogP contribution in [0, 0.1) is 0 Å². The van der Waals surface area contributed by atoms with Crippen molar-refractivity contribution in [2.24, 2.45) is 0 Å². The second-order valence-electron chi connectivity index (χ2n) is 2.60. The molecule has 0 radical (unpaired) electrons. The molecule has 0 unspecified atom stereocenters. The van der Waals surface area contributed by atoms with Crippen LogP contribution in [0.2, 0.25) is 5.02 Å². The van der Waals surface area contributed by atoms with Gasteiger partial charge in [0.15, 0.2) is 0 Å². The quantitative estimate of drug-likeness (QED) is 0.832. The van der Waals surface area contributed by atoms with E-state index in [0.29, 0.717) is 0 Å². The smallest absolute Gasteiger partial charge is 0.108 e. The first kappa shape index (κ1) is 8.78. The molecule has 0 aliphatic heterocycles. The van der Waals surface area contributed by atoms with E-state index in [1.165, 1.54) is 0 Å². The maximum Gasteiger partial charge on any atom is 0.108 e. The number of benzene rings is 1. The van der Waals surface area contributed by atoms with Crippen LogP contribution in [0.3, 0.4) is 0 Å². The van der Waals surface area contributed by atoms with Crippen LogP contribution in [0.15, 0.2) is 35.1 Å². The minimum Gasteiger partial charge on any atom is -0.271 e. The summed E-state index contributed by atoms with van der Waals surface area (Å²) in [4.78, 5) is 0. The van der Waals surface area contributed by atoms with Gasteiger partial charge in [-0.3, -0.25) is 5.10 Å². The second-order valence-corrected chi connectivity index (χ2v) is 3.83. The van der Waals surface area contributed by atoms with Gasteiger partial charge in [-0.25, -0.2) is 0 Å². The largest absolute Gasteiger partial charge is 0.271 e. The maximum atomic E-state index is 5.78. The normalized spacial score (nSPS) is 10.3. The molecule has 0 bridgehead atoms. The van der Waals surface area contributed by atoms with Crippen LogP contribution in [-0.2, 0) is 0 Å². The van der Waals surface area contributed by atoms with Crippen molar-refractivity contribution in [1.29, 1.82) is 0 Å². The Morgan fingerprint density at radius 3 is 2.46 bits per heavy atom. The van der Waals surface area contributed by atoms with E-state index < -0.39 is 0 Å². The SMILES string of the molecule is Clc1ccc(-c2cn[nH]c2Br)cc1. The van der Waals surface area contributed by atoms with Gasteiger partial charge in [0, 0.05) is 10.6 Å². The molecular weight excluding hydrogens is 251 g/mol. The summed E-state index contributed by atoms with van der Waals surface area (Å²) < 4.78 is 0.884. The minimum atomic E-state index is 0.739. The molecule has 0 fully saturated rings. The molecule has 0 saturated heterocycles. The van der Waals surface area contributed by atoms with Gasteiger partial charge < -0.3 is 0 Å². The molecule has 4 heteroatoms. The molecule has 0 amide bonds. The van der Waals surface area contributed by atoms with Gasteiger partial charge in [0.2, 0.25) is 0 Å². The molecule has 0 spiro atoms. The lowest BCUT2D eigenvalue weighted by Gasteiger charge is -1.97. The third-order valence-corrected chi connectivity index (χ3v) is 2.60. The van der Waals surface area contributed by atoms with Crippen molar-refractivity contribution in [3.63, 3.8) is 0 Å². The summed E-state index contributed by atoms with van der Waals surface area (Å²) in [5, 5.41) is 7.47. The van der Waals surface area contributed by atoms with Crippen molar-refractivity contribution in [3.05, 3.63) is 40.1 Å². The highest BCUT2D eigenvalue weighted by Crippen LogP contribution is 2.26. The summed E-state index contributed by atoms with van der Waals surface area (Å²) in [6, 6.07) is 7.63. The summed E-state index contributed by atoms with van der Waals surface area (Å²) in [6.45, 7) is 0. The van der Waals surface area contributed by atoms with Gasteiger partial charge in [0.05, 0.1) is 6.20 Å². The average molecular weight is 258 g/mol. The van der Waals surface area contributed by atoms with Crippen molar-refractivity contribution in [2.75, 3.05) is 0 Å². The predicted octanol–water partition coefficient (Wildman–Crippen LogP) is 3.49. The fraction of sp³-hybridized carbons (Fsp3) is 0. The number of nitrogens with one attached hydrogen (secondary N) is 1. The van der Waals surface area contributed by atoms with E-state index in [1.807, 2.05) is 24.3 Å². The van der Waals surface area contributed by atoms with Gasteiger partial charge in [0.25, 0.3) is 0 Å². The van der Waals surface area contributed by atoms with E-state index in [1.54, 1.807) is 6.20 Å². The van der Waals surface area contributed by atoms with Crippen molar-refractivity contribution in [2.45, 2.75) is 0 Å². The standard InChI is InChI=1S/C9H6BrClN2/c10-9-8(5-12-13-9)6-1-3-7(11)4-2-6/h1-5H,(H,12,13). The topological polar surface area (TPSA) is 28.7 Å². The fourth-order valence-electron chi connectivity index (χ4n) is 1.10. The highest BCUT2D eigenvalue weighted by molar-refractivity contribution is 9.10. The number of hydrogen-bond acceptors (Lipinski definition) is 1. The summed E-state index contributed by atoms with van der Waals surface area (Å²) in [5.74, 6) is 0. The number of halogens is 2. The summed E-state index contributed by atoms with van der Waals surface area (Å²) in [5.41, 5.74) is 2.13. The van der Waals surface area contributed by atoms with Crippen LogP contribution >= 0.6 is 27.5 Å². The zero-order valence-electron chi connectivity index (χ0n) is 6.59. The number of rotatable bonds is 1. The van der Waals surface area contributed by atoms with Crippen LogP contribution in [0.25, 0.3) is 11.1 Å². The van der Waals surface area contributed by atoms with Crippen LogP contribution in [0.4, 0.5) is 0 Å². The molecule has 13 heavy (non-hydrogen) atoms. The number of aromatic nitrogens is 2. The molecule has 2 aromatic rings. The number of aromatic amines is 1. The molecule has 1 N–H and O–H groups in total. The summed E-state index contributed by atoms with van der Waals surface area (Å²) in [7, 11) is 0. The van der Waals surface area contributed by atoms with Gasteiger partial charge in [0.1, 0.15) is 4.60 Å². The molecule has 0 saturated carbocycles. The fourth-order valence-corrected chi connectivity index (χ4v) is 1.66. The highest BCUT2D eigenvalue weighted by atomic mass is 79.9. The molecule has 1 heterocycles. The van der Waals surface area contributed by atoms with Crippen molar-refractivity contribution in [3.8, 4) is 11.1 Å². The van der Waals surface area contributed by atoms with Crippen molar-refractivity contribution < 1.29 is 0 Å². The van der Waals surface area contributed by atoms with E-state index in [2.05, 4.69) is 26.1 Å². The maximum absolute atomic E-state index is 5.78. The Balaban J connectivity index is 2.47. The van der Waals surface area contributed by atoms with Gasteiger partial charge in [-0.05, 0) is 33.6 Å². The van der Waals surface area contributed by atoms with E-state index in [9.17, 15) is 0 Å². The first-order chi connectivity index (χ1) is 6.27. The molecule has 2 rings (SSSR count). The Bertz CT molecular complexity index is 408. The lowest BCUT2D eigenvalue weighted by molar-refractivity contribution is 1.07. The molecular formula is C9H6BrClN2. The highest BCUT2D eigenvalue weighted by Gasteiger charge is 2.03. The Labute approximate surface area is 89.1 Å². The second kappa shape index (κ2) is 3.52. The monoisotopic (exact) mass is 256 g/mol. The molecule has 1 aromatic heterocycles. The number of hydrogen-bond donors (Lipinski definition) is 1. The lowest BCUT2D eigenvalue weighted by Crippen LogP contribution is -1.74. The van der Waals surface area contributed by atoms with Crippen LogP contribution in [0.1, 0.15) is 0 Å². The van der Waals surface area contributed by atoms with Crippen molar-refractivity contribution >= 4 is 27.5 Å². The third-order valence-electron chi connectivity index (χ3n) is 1.75. The van der Waals surface area contributed by atoms with E-state index in [4.69, 9.17) is 11.6 Å². The van der Waals surface area contributed by atoms with Crippen LogP contribution in [-0.4, -0.2) is 10.2 Å². The zero-order valence-corrected chi connectivity index (χ0v) is 8.93. The third kappa shape index (κ3) is 1.76. The summed E-state index contributed by atoms with van der Waals surface area (Å²) >= 11 is 9.15. The minimum absolute atomic E-state index is 0.739. The molecule has 1 aromatic carbocycles. The van der Waals surface area contributed by atoms with Crippen LogP contribution < -0.4 is 0 Å². The summed E-state index contributed by atoms with van der Waals surface area (Å²) in [6.07, 6.45) is 1.77. The molecule has 0 aliphatic carbocycles. The first-order valence-electron chi connectivity index (χ1n) is 3.72. The van der Waals surface area contributed by atoms with E-state index >= 15 is 0 Å². The Morgan fingerprint density at radius 2 is 1.92 bits per heavy atom. The van der Waals surface area contributed by atoms with Crippen LogP contribution in [0.5, 0.6) is 0 Å². The zero-order chi connectivity index (χ0) is 9.26. The number of nitrogens with zero attached hydrogens (tertiary/aromatic N) is 1. The lowest BCUT2D eigenvalue weighted by atomic mass is 10.1. The molecule has 0 aliphatic rings. The predicted molar refractivity (Wildman–Crippen MR) is 56.7 cm³/mol. The van der Waals surface area contributed by atoms with Gasteiger partial charge >= 0.3 is 0 Å². The average Bonchev–Trinajstić information content (AvgIpc) is 2.53. The Kier molecular flexibility index (Phi) is 2.38. The van der Waals surface area contributed by atoms with E-state index in [0.717, 1.165) is 20.8 Å². The van der Waals surface area contributed by atoms with E-state index in [-0.39, 0.29) is 0 Å². The van der Waals surface area contributed by atoms with Gasteiger partial charge in [-0.15, -0.1) is 0 Å². The van der Waals surface area contributed by atoms with Gasteiger partial charge in [-0.1, -0.05) is 23.7 Å². The molecule has 0 atom stereocenters. The van der Waals surface area contributed by atoms with Crippen molar-refractivity contribution in [1.82, 2.24) is 10.2 Å². The number of H-pyrrole nitrogens is 1. The molecule has 2 nitrogen and oxygen atoms in total. The van der Waals surface area contributed by atoms with Gasteiger partial charge in [-0.2, -0.15) is 5.10 Å². The first-order valence-corrected chi connectivity index (χ1v) is 4.89. The molecule has 66 valence electrons. The Hall–Kier alpha value is -0.800.